The summed E-state index contributed by atoms with van der Waals surface area (Å²) in [6, 6.07) is 2.32. The van der Waals surface area contributed by atoms with E-state index in [0.717, 1.165) is 18.5 Å². The van der Waals surface area contributed by atoms with Crippen LogP contribution >= 0.6 is 0 Å². The molecule has 2 heterocycles. The SMILES string of the molecule is Cc1ncc(N)cc1C(=O)N1C(C)CCCC1C. The average Bonchev–Trinajstić information content (AvgIpc) is 2.32. The van der Waals surface area contributed by atoms with Crippen molar-refractivity contribution in [3.05, 3.63) is 23.5 Å². The zero-order valence-corrected chi connectivity index (χ0v) is 11.3. The Bertz CT molecular complexity index is 448. The standard InChI is InChI=1S/C14H21N3O/c1-9-5-4-6-10(2)17(9)14(18)13-7-12(15)8-16-11(13)3/h7-10H,4-6,15H2,1-3H3. The van der Waals surface area contributed by atoms with Crippen molar-refractivity contribution in [1.82, 2.24) is 9.88 Å². The minimum absolute atomic E-state index is 0.0620. The van der Waals surface area contributed by atoms with Crippen LogP contribution in [0.15, 0.2) is 12.3 Å². The zero-order chi connectivity index (χ0) is 13.3. The maximum Gasteiger partial charge on any atom is 0.256 e. The van der Waals surface area contributed by atoms with Crippen LogP contribution in [0.5, 0.6) is 0 Å². The number of piperidine rings is 1. The summed E-state index contributed by atoms with van der Waals surface area (Å²) in [5.74, 6) is 0.0620. The van der Waals surface area contributed by atoms with Crippen LogP contribution in [0, 0.1) is 6.92 Å². The average molecular weight is 247 g/mol. The summed E-state index contributed by atoms with van der Waals surface area (Å²) in [7, 11) is 0. The number of aromatic nitrogens is 1. The quantitative estimate of drug-likeness (QED) is 0.828. The third kappa shape index (κ3) is 2.33. The van der Waals surface area contributed by atoms with Crippen LogP contribution in [-0.4, -0.2) is 27.9 Å². The number of aryl methyl sites for hydroxylation is 1. The summed E-state index contributed by atoms with van der Waals surface area (Å²) < 4.78 is 0. The fraction of sp³-hybridized carbons (Fsp3) is 0.571. The number of hydrogen-bond donors (Lipinski definition) is 1. The molecule has 1 aromatic heterocycles. The minimum atomic E-state index is 0.0620. The third-order valence-electron chi connectivity index (χ3n) is 3.77. The molecular formula is C14H21N3O. The second kappa shape index (κ2) is 4.96. The predicted octanol–water partition coefficient (Wildman–Crippen LogP) is 2.38. The maximum absolute atomic E-state index is 12.6. The Morgan fingerprint density at radius 2 is 2.00 bits per heavy atom. The van der Waals surface area contributed by atoms with Crippen molar-refractivity contribution in [1.29, 1.82) is 0 Å². The largest absolute Gasteiger partial charge is 0.397 e. The van der Waals surface area contributed by atoms with E-state index in [1.807, 2.05) is 11.8 Å². The molecule has 4 heteroatoms. The summed E-state index contributed by atoms with van der Waals surface area (Å²) in [5.41, 5.74) is 7.66. The Morgan fingerprint density at radius 1 is 1.39 bits per heavy atom. The number of nitrogen functional groups attached to an aromatic ring is 1. The number of hydrogen-bond acceptors (Lipinski definition) is 3. The van der Waals surface area contributed by atoms with Crippen molar-refractivity contribution in [2.75, 3.05) is 5.73 Å². The fourth-order valence-electron chi connectivity index (χ4n) is 2.73. The van der Waals surface area contributed by atoms with Gasteiger partial charge in [0.15, 0.2) is 0 Å². The van der Waals surface area contributed by atoms with Gasteiger partial charge in [-0.1, -0.05) is 0 Å². The Morgan fingerprint density at radius 3 is 2.61 bits per heavy atom. The van der Waals surface area contributed by atoms with E-state index in [1.165, 1.54) is 6.42 Å². The zero-order valence-electron chi connectivity index (χ0n) is 11.3. The van der Waals surface area contributed by atoms with Gasteiger partial charge < -0.3 is 10.6 Å². The molecule has 2 N–H and O–H groups in total. The third-order valence-corrected chi connectivity index (χ3v) is 3.77. The lowest BCUT2D eigenvalue weighted by Gasteiger charge is -2.39. The molecule has 0 bridgehead atoms. The number of nitrogens with two attached hydrogens (primary N) is 1. The number of anilines is 1. The molecule has 0 spiro atoms. The van der Waals surface area contributed by atoms with E-state index in [1.54, 1.807) is 12.3 Å². The molecule has 0 saturated carbocycles. The molecule has 0 aromatic carbocycles. The molecule has 2 atom stereocenters. The second-order valence-electron chi connectivity index (χ2n) is 5.24. The van der Waals surface area contributed by atoms with Gasteiger partial charge in [-0.2, -0.15) is 0 Å². The smallest absolute Gasteiger partial charge is 0.256 e. The highest BCUT2D eigenvalue weighted by molar-refractivity contribution is 5.96. The monoisotopic (exact) mass is 247 g/mol. The summed E-state index contributed by atoms with van der Waals surface area (Å²) in [4.78, 5) is 18.8. The molecule has 1 aliphatic heterocycles. The summed E-state index contributed by atoms with van der Waals surface area (Å²) in [6.07, 6.45) is 4.94. The molecule has 1 fully saturated rings. The molecular weight excluding hydrogens is 226 g/mol. The molecule has 18 heavy (non-hydrogen) atoms. The van der Waals surface area contributed by atoms with Crippen molar-refractivity contribution in [2.24, 2.45) is 0 Å². The number of rotatable bonds is 1. The lowest BCUT2D eigenvalue weighted by molar-refractivity contribution is 0.0509. The summed E-state index contributed by atoms with van der Waals surface area (Å²) >= 11 is 0. The molecule has 1 aromatic rings. The lowest BCUT2D eigenvalue weighted by atomic mass is 9.96. The van der Waals surface area contributed by atoms with Gasteiger partial charge in [0.1, 0.15) is 0 Å². The van der Waals surface area contributed by atoms with Gasteiger partial charge in [-0.05, 0) is 46.1 Å². The fourth-order valence-corrected chi connectivity index (χ4v) is 2.73. The highest BCUT2D eigenvalue weighted by Gasteiger charge is 2.30. The van der Waals surface area contributed by atoms with Gasteiger partial charge in [0, 0.05) is 12.1 Å². The Balaban J connectivity index is 2.32. The normalized spacial score (nSPS) is 24.1. The van der Waals surface area contributed by atoms with Crippen molar-refractivity contribution in [3.63, 3.8) is 0 Å². The number of nitrogens with zero attached hydrogens (tertiary/aromatic N) is 2. The summed E-state index contributed by atoms with van der Waals surface area (Å²) in [6.45, 7) is 6.08. The Kier molecular flexibility index (Phi) is 3.55. The van der Waals surface area contributed by atoms with Crippen molar-refractivity contribution in [2.45, 2.75) is 52.1 Å². The van der Waals surface area contributed by atoms with Crippen molar-refractivity contribution in [3.8, 4) is 0 Å². The maximum atomic E-state index is 12.6. The van der Waals surface area contributed by atoms with E-state index in [4.69, 9.17) is 5.73 Å². The van der Waals surface area contributed by atoms with Gasteiger partial charge in [-0.15, -0.1) is 0 Å². The van der Waals surface area contributed by atoms with E-state index in [2.05, 4.69) is 18.8 Å². The molecule has 2 rings (SSSR count). The van der Waals surface area contributed by atoms with Gasteiger partial charge in [0.25, 0.3) is 5.91 Å². The van der Waals surface area contributed by atoms with Crippen molar-refractivity contribution >= 4 is 11.6 Å². The molecule has 0 radical (unpaired) electrons. The van der Waals surface area contributed by atoms with Crippen LogP contribution in [0.4, 0.5) is 5.69 Å². The van der Waals surface area contributed by atoms with Gasteiger partial charge in [0.2, 0.25) is 0 Å². The molecule has 1 saturated heterocycles. The lowest BCUT2D eigenvalue weighted by Crippen LogP contribution is -2.47. The first kappa shape index (κ1) is 12.9. The first-order valence-corrected chi connectivity index (χ1v) is 6.55. The molecule has 1 aliphatic rings. The molecule has 4 nitrogen and oxygen atoms in total. The first-order valence-electron chi connectivity index (χ1n) is 6.55. The minimum Gasteiger partial charge on any atom is -0.397 e. The predicted molar refractivity (Wildman–Crippen MR) is 72.3 cm³/mol. The first-order chi connectivity index (χ1) is 8.50. The van der Waals surface area contributed by atoms with E-state index < -0.39 is 0 Å². The van der Waals surface area contributed by atoms with E-state index in [-0.39, 0.29) is 5.91 Å². The molecule has 98 valence electrons. The van der Waals surface area contributed by atoms with Crippen LogP contribution in [0.2, 0.25) is 0 Å². The molecule has 1 amide bonds. The number of carbonyl (C=O) groups is 1. The summed E-state index contributed by atoms with van der Waals surface area (Å²) in [5, 5.41) is 0. The van der Waals surface area contributed by atoms with E-state index in [9.17, 15) is 4.79 Å². The van der Waals surface area contributed by atoms with Crippen LogP contribution in [0.1, 0.15) is 49.2 Å². The van der Waals surface area contributed by atoms with E-state index >= 15 is 0 Å². The van der Waals surface area contributed by atoms with Gasteiger partial charge in [-0.3, -0.25) is 9.78 Å². The molecule has 2 unspecified atom stereocenters. The number of carbonyl (C=O) groups excluding carboxylic acids is 1. The van der Waals surface area contributed by atoms with Crippen LogP contribution < -0.4 is 5.73 Å². The number of likely N-dealkylation sites (tertiary alicyclic amines) is 1. The molecule has 0 aliphatic carbocycles. The number of amides is 1. The highest BCUT2D eigenvalue weighted by atomic mass is 16.2. The Hall–Kier alpha value is -1.58. The van der Waals surface area contributed by atoms with Crippen LogP contribution in [-0.2, 0) is 0 Å². The second-order valence-corrected chi connectivity index (χ2v) is 5.24. The van der Waals surface area contributed by atoms with Crippen LogP contribution in [0.25, 0.3) is 0 Å². The van der Waals surface area contributed by atoms with Gasteiger partial charge >= 0.3 is 0 Å². The number of pyridine rings is 1. The Labute approximate surface area is 108 Å². The van der Waals surface area contributed by atoms with Crippen molar-refractivity contribution < 1.29 is 4.79 Å². The van der Waals surface area contributed by atoms with Crippen LogP contribution in [0.3, 0.4) is 0 Å². The van der Waals surface area contributed by atoms with Gasteiger partial charge in [0.05, 0.1) is 23.1 Å². The van der Waals surface area contributed by atoms with E-state index in [0.29, 0.717) is 23.3 Å². The topological polar surface area (TPSA) is 59.2 Å². The van der Waals surface area contributed by atoms with Gasteiger partial charge in [-0.25, -0.2) is 0 Å². The highest BCUT2D eigenvalue weighted by Crippen LogP contribution is 2.25.